The maximum atomic E-state index is 12.0. The molecule has 2 rings (SSSR count). The number of nitrogen functional groups attached to an aromatic ring is 1. The lowest BCUT2D eigenvalue weighted by atomic mass is 10.0. The zero-order valence-corrected chi connectivity index (χ0v) is 11.1. The molecular weight excluding hydrogens is 244 g/mol. The second-order valence-electron chi connectivity index (χ2n) is 4.72. The summed E-state index contributed by atoms with van der Waals surface area (Å²) in [6.45, 7) is 2.26. The third-order valence-electron chi connectivity index (χ3n) is 3.38. The molecule has 0 spiro atoms. The van der Waals surface area contributed by atoms with Gasteiger partial charge in [-0.05, 0) is 37.0 Å². The van der Waals surface area contributed by atoms with Crippen molar-refractivity contribution in [2.24, 2.45) is 5.92 Å². The lowest BCUT2D eigenvalue weighted by molar-refractivity contribution is 0.0642. The molecule has 1 aliphatic rings. The highest BCUT2D eigenvalue weighted by atomic mass is 16.5. The van der Waals surface area contributed by atoms with Gasteiger partial charge >= 0.3 is 0 Å². The smallest absolute Gasteiger partial charge is 0.251 e. The number of methoxy groups -OCH3 is 1. The summed E-state index contributed by atoms with van der Waals surface area (Å²) < 4.78 is 10.4. The number of benzene rings is 1. The number of anilines is 1. The van der Waals surface area contributed by atoms with Gasteiger partial charge in [0.15, 0.2) is 0 Å². The molecule has 0 aliphatic carbocycles. The molecular formula is C14H20N2O3. The summed E-state index contributed by atoms with van der Waals surface area (Å²) in [5, 5.41) is 2.94. The lowest BCUT2D eigenvalue weighted by Crippen LogP contribution is -2.32. The van der Waals surface area contributed by atoms with E-state index in [9.17, 15) is 4.79 Å². The molecule has 1 aromatic carbocycles. The van der Waals surface area contributed by atoms with Gasteiger partial charge in [-0.3, -0.25) is 4.79 Å². The molecule has 1 heterocycles. The van der Waals surface area contributed by atoms with E-state index in [1.54, 1.807) is 25.3 Å². The van der Waals surface area contributed by atoms with Gasteiger partial charge in [-0.1, -0.05) is 0 Å². The fraction of sp³-hybridized carbons (Fsp3) is 0.500. The zero-order chi connectivity index (χ0) is 13.7. The monoisotopic (exact) mass is 264 g/mol. The Balaban J connectivity index is 1.90. The Hall–Kier alpha value is -1.75. The normalized spacial score (nSPS) is 16.1. The van der Waals surface area contributed by atoms with Crippen molar-refractivity contribution < 1.29 is 14.3 Å². The van der Waals surface area contributed by atoms with Crippen LogP contribution in [0.5, 0.6) is 5.75 Å². The number of hydrogen-bond donors (Lipinski definition) is 2. The number of nitrogens with two attached hydrogens (primary N) is 1. The molecule has 1 saturated heterocycles. The first kappa shape index (κ1) is 13.7. The van der Waals surface area contributed by atoms with E-state index in [0.29, 0.717) is 29.5 Å². The van der Waals surface area contributed by atoms with Crippen LogP contribution in [0.15, 0.2) is 18.2 Å². The largest absolute Gasteiger partial charge is 0.495 e. The van der Waals surface area contributed by atoms with Crippen LogP contribution < -0.4 is 15.8 Å². The van der Waals surface area contributed by atoms with Gasteiger partial charge in [-0.25, -0.2) is 0 Å². The number of hydrogen-bond acceptors (Lipinski definition) is 4. The van der Waals surface area contributed by atoms with E-state index in [1.807, 2.05) is 0 Å². The Morgan fingerprint density at radius 1 is 1.47 bits per heavy atom. The minimum atomic E-state index is -0.0964. The van der Waals surface area contributed by atoms with Crippen LogP contribution in [0.4, 0.5) is 5.69 Å². The minimum absolute atomic E-state index is 0.0964. The van der Waals surface area contributed by atoms with Gasteiger partial charge in [0.25, 0.3) is 5.91 Å². The summed E-state index contributed by atoms with van der Waals surface area (Å²) >= 11 is 0. The van der Waals surface area contributed by atoms with E-state index < -0.39 is 0 Å². The molecule has 1 fully saturated rings. The van der Waals surface area contributed by atoms with Crippen LogP contribution in [0.1, 0.15) is 23.2 Å². The van der Waals surface area contributed by atoms with E-state index in [1.165, 1.54) is 0 Å². The number of nitrogens with one attached hydrogen (secondary N) is 1. The maximum Gasteiger partial charge on any atom is 0.251 e. The summed E-state index contributed by atoms with van der Waals surface area (Å²) in [6, 6.07) is 5.06. The molecule has 0 unspecified atom stereocenters. The first-order chi connectivity index (χ1) is 9.20. The third kappa shape index (κ3) is 3.61. The molecule has 1 aromatic rings. The average Bonchev–Trinajstić information content (AvgIpc) is 2.45. The minimum Gasteiger partial charge on any atom is -0.495 e. The van der Waals surface area contributed by atoms with Crippen molar-refractivity contribution in [1.82, 2.24) is 5.32 Å². The SMILES string of the molecule is COc1ccc(C(=O)NCC2CCOCC2)cc1N. The standard InChI is InChI=1S/C14H20N2O3/c1-18-13-3-2-11(8-12(13)15)14(17)16-9-10-4-6-19-7-5-10/h2-3,8,10H,4-7,9,15H2,1H3,(H,16,17). The molecule has 0 atom stereocenters. The van der Waals surface area contributed by atoms with Crippen molar-refractivity contribution >= 4 is 11.6 Å². The molecule has 1 aliphatic heterocycles. The lowest BCUT2D eigenvalue weighted by Gasteiger charge is -2.22. The fourth-order valence-corrected chi connectivity index (χ4v) is 2.17. The van der Waals surface area contributed by atoms with E-state index >= 15 is 0 Å². The Kier molecular flexibility index (Phi) is 4.63. The molecule has 19 heavy (non-hydrogen) atoms. The molecule has 0 saturated carbocycles. The van der Waals surface area contributed by atoms with Gasteiger partial charge < -0.3 is 20.5 Å². The number of carbonyl (C=O) groups is 1. The molecule has 5 heteroatoms. The summed E-state index contributed by atoms with van der Waals surface area (Å²) in [7, 11) is 1.55. The predicted molar refractivity (Wildman–Crippen MR) is 73.3 cm³/mol. The Morgan fingerprint density at radius 3 is 2.84 bits per heavy atom. The highest BCUT2D eigenvalue weighted by Gasteiger charge is 2.15. The van der Waals surface area contributed by atoms with Crippen LogP contribution in [0.3, 0.4) is 0 Å². The third-order valence-corrected chi connectivity index (χ3v) is 3.38. The summed E-state index contributed by atoms with van der Waals surface area (Å²) in [4.78, 5) is 12.0. The first-order valence-corrected chi connectivity index (χ1v) is 6.50. The molecule has 0 bridgehead atoms. The first-order valence-electron chi connectivity index (χ1n) is 6.50. The Morgan fingerprint density at radius 2 is 2.21 bits per heavy atom. The van der Waals surface area contributed by atoms with E-state index in [-0.39, 0.29) is 5.91 Å². The summed E-state index contributed by atoms with van der Waals surface area (Å²) in [6.07, 6.45) is 2.01. The topological polar surface area (TPSA) is 73.6 Å². The number of amides is 1. The van der Waals surface area contributed by atoms with Crippen molar-refractivity contribution in [3.8, 4) is 5.75 Å². The summed E-state index contributed by atoms with van der Waals surface area (Å²) in [5.74, 6) is 0.995. The number of ether oxygens (including phenoxy) is 2. The quantitative estimate of drug-likeness (QED) is 0.807. The molecule has 5 nitrogen and oxygen atoms in total. The van der Waals surface area contributed by atoms with E-state index in [0.717, 1.165) is 26.1 Å². The van der Waals surface area contributed by atoms with Crippen LogP contribution in [0.25, 0.3) is 0 Å². The van der Waals surface area contributed by atoms with Crippen molar-refractivity contribution in [1.29, 1.82) is 0 Å². The van der Waals surface area contributed by atoms with Crippen molar-refractivity contribution in [2.75, 3.05) is 32.6 Å². The van der Waals surface area contributed by atoms with Gasteiger partial charge in [0.1, 0.15) is 5.75 Å². The van der Waals surface area contributed by atoms with Crippen LogP contribution >= 0.6 is 0 Å². The van der Waals surface area contributed by atoms with Gasteiger partial charge in [-0.2, -0.15) is 0 Å². The van der Waals surface area contributed by atoms with Gasteiger partial charge in [0.05, 0.1) is 12.8 Å². The zero-order valence-electron chi connectivity index (χ0n) is 11.1. The fourth-order valence-electron chi connectivity index (χ4n) is 2.17. The molecule has 104 valence electrons. The highest BCUT2D eigenvalue weighted by Crippen LogP contribution is 2.22. The maximum absolute atomic E-state index is 12.0. The van der Waals surface area contributed by atoms with Gasteiger partial charge in [0, 0.05) is 25.3 Å². The average molecular weight is 264 g/mol. The number of carbonyl (C=O) groups excluding carboxylic acids is 1. The Labute approximate surface area is 113 Å². The number of rotatable bonds is 4. The predicted octanol–water partition coefficient (Wildman–Crippen LogP) is 1.43. The molecule has 0 radical (unpaired) electrons. The van der Waals surface area contributed by atoms with E-state index in [4.69, 9.17) is 15.2 Å². The molecule has 3 N–H and O–H groups in total. The van der Waals surface area contributed by atoms with Crippen molar-refractivity contribution in [3.63, 3.8) is 0 Å². The van der Waals surface area contributed by atoms with Crippen molar-refractivity contribution in [3.05, 3.63) is 23.8 Å². The van der Waals surface area contributed by atoms with Crippen LogP contribution in [0.2, 0.25) is 0 Å². The van der Waals surface area contributed by atoms with Crippen LogP contribution in [0, 0.1) is 5.92 Å². The van der Waals surface area contributed by atoms with Crippen LogP contribution in [-0.2, 0) is 4.74 Å². The van der Waals surface area contributed by atoms with Crippen molar-refractivity contribution in [2.45, 2.75) is 12.8 Å². The van der Waals surface area contributed by atoms with E-state index in [2.05, 4.69) is 5.32 Å². The van der Waals surface area contributed by atoms with Gasteiger partial charge in [0.2, 0.25) is 0 Å². The summed E-state index contributed by atoms with van der Waals surface area (Å²) in [5.41, 5.74) is 6.82. The molecule has 0 aromatic heterocycles. The second kappa shape index (κ2) is 6.43. The Bertz CT molecular complexity index is 442. The van der Waals surface area contributed by atoms with Gasteiger partial charge in [-0.15, -0.1) is 0 Å². The highest BCUT2D eigenvalue weighted by molar-refractivity contribution is 5.95. The second-order valence-corrected chi connectivity index (χ2v) is 4.72. The van der Waals surface area contributed by atoms with Crippen LogP contribution in [-0.4, -0.2) is 32.8 Å². The molecule has 1 amide bonds.